The smallest absolute Gasteiger partial charge is 0.242 e. The molecular formula is C13H16N2O. The summed E-state index contributed by atoms with van der Waals surface area (Å²) >= 11 is 0. The summed E-state index contributed by atoms with van der Waals surface area (Å²) in [6, 6.07) is 10.1. The number of rotatable bonds is 2. The van der Waals surface area contributed by atoms with Gasteiger partial charge in [-0.05, 0) is 24.3 Å². The van der Waals surface area contributed by atoms with Gasteiger partial charge in [-0.15, -0.1) is 0 Å². The molecule has 0 unspecified atom stereocenters. The van der Waals surface area contributed by atoms with Gasteiger partial charge >= 0.3 is 0 Å². The Morgan fingerprint density at radius 2 is 2.00 bits per heavy atom. The topological polar surface area (TPSA) is 46.3 Å². The van der Waals surface area contributed by atoms with E-state index in [4.69, 9.17) is 5.73 Å². The van der Waals surface area contributed by atoms with Crippen LogP contribution in [0.4, 0.5) is 0 Å². The molecule has 2 saturated heterocycles. The Labute approximate surface area is 95.2 Å². The second-order valence-electron chi connectivity index (χ2n) is 5.10. The van der Waals surface area contributed by atoms with Gasteiger partial charge < -0.3 is 10.6 Å². The number of carbonyl (C=O) groups excluding carboxylic acids is 1. The molecule has 1 saturated carbocycles. The van der Waals surface area contributed by atoms with E-state index in [1.165, 1.54) is 5.56 Å². The van der Waals surface area contributed by atoms with Gasteiger partial charge in [-0.25, -0.2) is 0 Å². The van der Waals surface area contributed by atoms with Crippen LogP contribution in [0.25, 0.3) is 0 Å². The van der Waals surface area contributed by atoms with Gasteiger partial charge in [-0.1, -0.05) is 30.3 Å². The molecule has 16 heavy (non-hydrogen) atoms. The van der Waals surface area contributed by atoms with Crippen molar-refractivity contribution in [2.45, 2.75) is 24.9 Å². The van der Waals surface area contributed by atoms with Gasteiger partial charge in [-0.3, -0.25) is 4.79 Å². The van der Waals surface area contributed by atoms with Crippen molar-refractivity contribution in [1.82, 2.24) is 4.90 Å². The molecule has 4 rings (SSSR count). The summed E-state index contributed by atoms with van der Waals surface area (Å²) in [4.78, 5) is 14.0. The molecule has 2 bridgehead atoms. The lowest BCUT2D eigenvalue weighted by molar-refractivity contribution is -0.153. The summed E-state index contributed by atoms with van der Waals surface area (Å²) in [5.74, 6) is 0.769. The molecule has 3 aliphatic rings. The third-order valence-corrected chi connectivity index (χ3v) is 3.71. The van der Waals surface area contributed by atoms with Crippen LogP contribution in [0.3, 0.4) is 0 Å². The Morgan fingerprint density at radius 1 is 1.31 bits per heavy atom. The number of nitrogens with two attached hydrogens (primary N) is 1. The quantitative estimate of drug-likeness (QED) is 0.805. The highest BCUT2D eigenvalue weighted by Crippen LogP contribution is 2.42. The number of fused-ring (bicyclic) bond motifs is 2. The van der Waals surface area contributed by atoms with E-state index >= 15 is 0 Å². The van der Waals surface area contributed by atoms with Gasteiger partial charge in [-0.2, -0.15) is 0 Å². The molecule has 0 atom stereocenters. The molecule has 3 heteroatoms. The largest absolute Gasteiger partial charge is 0.336 e. The van der Waals surface area contributed by atoms with Gasteiger partial charge in [0.15, 0.2) is 0 Å². The molecule has 3 nitrogen and oxygen atoms in total. The molecule has 2 heterocycles. The van der Waals surface area contributed by atoms with E-state index in [9.17, 15) is 4.79 Å². The average Bonchev–Trinajstić information content (AvgIpc) is 2.24. The molecule has 1 amide bonds. The van der Waals surface area contributed by atoms with E-state index < -0.39 is 5.54 Å². The predicted octanol–water partition coefficient (Wildman–Crippen LogP) is 1.14. The standard InChI is InChI=1S/C13H16N2O/c14-13-6-11(7-13)9-15(12(13)16)8-10-4-2-1-3-5-10/h1-5,11H,6-9,14H2. The third-order valence-electron chi connectivity index (χ3n) is 3.71. The first-order valence-electron chi connectivity index (χ1n) is 5.79. The zero-order valence-electron chi connectivity index (χ0n) is 9.23. The molecule has 84 valence electrons. The van der Waals surface area contributed by atoms with E-state index in [1.54, 1.807) is 0 Å². The Bertz CT molecular complexity index is 409. The normalized spacial score (nSPS) is 32.4. The van der Waals surface area contributed by atoms with Crippen LogP contribution in [0, 0.1) is 5.92 Å². The number of amides is 1. The number of hydrogen-bond acceptors (Lipinski definition) is 2. The maximum atomic E-state index is 12.1. The minimum absolute atomic E-state index is 0.138. The summed E-state index contributed by atoms with van der Waals surface area (Å²) < 4.78 is 0. The molecule has 0 spiro atoms. The van der Waals surface area contributed by atoms with E-state index in [2.05, 4.69) is 12.1 Å². The molecular weight excluding hydrogens is 200 g/mol. The van der Waals surface area contributed by atoms with Gasteiger partial charge in [0, 0.05) is 13.1 Å². The van der Waals surface area contributed by atoms with Crippen LogP contribution < -0.4 is 5.73 Å². The molecule has 1 aromatic rings. The Morgan fingerprint density at radius 3 is 2.69 bits per heavy atom. The van der Waals surface area contributed by atoms with Gasteiger partial charge in [0.2, 0.25) is 5.91 Å². The highest BCUT2D eigenvalue weighted by atomic mass is 16.2. The minimum Gasteiger partial charge on any atom is -0.336 e. The summed E-state index contributed by atoms with van der Waals surface area (Å²) in [6.07, 6.45) is 1.77. The van der Waals surface area contributed by atoms with Crippen molar-refractivity contribution < 1.29 is 4.79 Å². The lowest BCUT2D eigenvalue weighted by Crippen LogP contribution is -2.69. The van der Waals surface area contributed by atoms with Crippen LogP contribution in [0.5, 0.6) is 0 Å². The van der Waals surface area contributed by atoms with Crippen LogP contribution in [-0.2, 0) is 11.3 Å². The number of benzene rings is 1. The number of hydrogen-bond donors (Lipinski definition) is 1. The van der Waals surface area contributed by atoms with Crippen molar-refractivity contribution in [1.29, 1.82) is 0 Å². The van der Waals surface area contributed by atoms with E-state index in [-0.39, 0.29) is 5.91 Å². The second kappa shape index (κ2) is 3.32. The van der Waals surface area contributed by atoms with E-state index in [0.29, 0.717) is 12.5 Å². The zero-order valence-corrected chi connectivity index (χ0v) is 9.23. The molecule has 0 aromatic heterocycles. The van der Waals surface area contributed by atoms with Gasteiger partial charge in [0.25, 0.3) is 0 Å². The van der Waals surface area contributed by atoms with Crippen molar-refractivity contribution in [3.8, 4) is 0 Å². The molecule has 2 N–H and O–H groups in total. The first kappa shape index (κ1) is 9.85. The monoisotopic (exact) mass is 216 g/mol. The summed E-state index contributed by atoms with van der Waals surface area (Å²) in [7, 11) is 0. The fourth-order valence-electron chi connectivity index (χ4n) is 2.92. The highest BCUT2D eigenvalue weighted by Gasteiger charge is 2.53. The Balaban J connectivity index is 1.75. The third kappa shape index (κ3) is 1.43. The van der Waals surface area contributed by atoms with E-state index in [1.807, 2.05) is 23.1 Å². The van der Waals surface area contributed by atoms with Gasteiger partial charge in [0.1, 0.15) is 0 Å². The number of nitrogens with zero attached hydrogens (tertiary/aromatic N) is 1. The maximum absolute atomic E-state index is 12.1. The molecule has 1 aromatic carbocycles. The first-order valence-corrected chi connectivity index (χ1v) is 5.79. The average molecular weight is 216 g/mol. The lowest BCUT2D eigenvalue weighted by Gasteiger charge is -2.53. The van der Waals surface area contributed by atoms with Crippen LogP contribution in [-0.4, -0.2) is 22.9 Å². The Kier molecular flexibility index (Phi) is 2.04. The number of carbonyl (C=O) groups is 1. The first-order chi connectivity index (χ1) is 7.67. The van der Waals surface area contributed by atoms with Crippen molar-refractivity contribution in [2.75, 3.05) is 6.54 Å². The van der Waals surface area contributed by atoms with Crippen molar-refractivity contribution >= 4 is 5.91 Å². The van der Waals surface area contributed by atoms with Crippen molar-refractivity contribution in [3.63, 3.8) is 0 Å². The summed E-state index contributed by atoms with van der Waals surface area (Å²) in [5.41, 5.74) is 6.69. The van der Waals surface area contributed by atoms with Crippen LogP contribution in [0.1, 0.15) is 18.4 Å². The Hall–Kier alpha value is -1.35. The highest BCUT2D eigenvalue weighted by molar-refractivity contribution is 5.88. The fourth-order valence-corrected chi connectivity index (χ4v) is 2.92. The van der Waals surface area contributed by atoms with E-state index in [0.717, 1.165) is 19.4 Å². The summed E-state index contributed by atoms with van der Waals surface area (Å²) in [5, 5.41) is 0. The van der Waals surface area contributed by atoms with Crippen molar-refractivity contribution in [2.24, 2.45) is 11.7 Å². The van der Waals surface area contributed by atoms with Crippen molar-refractivity contribution in [3.05, 3.63) is 35.9 Å². The molecule has 1 aliphatic carbocycles. The predicted molar refractivity (Wildman–Crippen MR) is 61.5 cm³/mol. The van der Waals surface area contributed by atoms with Crippen LogP contribution in [0.2, 0.25) is 0 Å². The lowest BCUT2D eigenvalue weighted by atomic mass is 9.65. The molecule has 2 aliphatic heterocycles. The zero-order chi connectivity index (χ0) is 11.2. The minimum atomic E-state index is -0.530. The molecule has 0 radical (unpaired) electrons. The SMILES string of the molecule is NC12CC(CN(Cc3ccccc3)C1=O)C2. The molecule has 3 fully saturated rings. The fraction of sp³-hybridized carbons (Fsp3) is 0.462. The maximum Gasteiger partial charge on any atom is 0.242 e. The van der Waals surface area contributed by atoms with Gasteiger partial charge in [0.05, 0.1) is 5.54 Å². The second-order valence-corrected chi connectivity index (χ2v) is 5.10. The van der Waals surface area contributed by atoms with Crippen LogP contribution >= 0.6 is 0 Å². The van der Waals surface area contributed by atoms with Crippen LogP contribution in [0.15, 0.2) is 30.3 Å². The number of piperidine rings is 2. The summed E-state index contributed by atoms with van der Waals surface area (Å²) in [6.45, 7) is 1.59.